The van der Waals surface area contributed by atoms with E-state index in [1.165, 1.54) is 0 Å². The number of rotatable bonds is 8. The molecule has 9 heteroatoms. The first-order valence-corrected chi connectivity index (χ1v) is 13.9. The molecule has 0 bridgehead atoms. The average Bonchev–Trinajstić information content (AvgIpc) is 2.94. The van der Waals surface area contributed by atoms with E-state index in [0.717, 1.165) is 56.9 Å². The molecule has 2 aliphatic heterocycles. The summed E-state index contributed by atoms with van der Waals surface area (Å²) in [6.07, 6.45) is 11.4. The van der Waals surface area contributed by atoms with Crippen molar-refractivity contribution in [3.8, 4) is 0 Å². The molecular weight excluding hydrogens is 486 g/mol. The summed E-state index contributed by atoms with van der Waals surface area (Å²) in [4.78, 5) is 46.4. The number of nitrogens with zero attached hydrogens (tertiary/aromatic N) is 1. The molecule has 2 N–H and O–H groups in total. The van der Waals surface area contributed by atoms with Gasteiger partial charge in [-0.3, -0.25) is 14.4 Å². The molecule has 0 radical (unpaired) electrons. The van der Waals surface area contributed by atoms with E-state index in [0.29, 0.717) is 26.2 Å². The van der Waals surface area contributed by atoms with Crippen LogP contribution in [-0.4, -0.2) is 61.8 Å². The zero-order valence-corrected chi connectivity index (χ0v) is 22.6. The molecule has 1 fully saturated rings. The Balaban J connectivity index is 1.64. The number of hydrogen-bond acceptors (Lipinski definition) is 6. The Hall–Kier alpha value is -2.75. The van der Waals surface area contributed by atoms with E-state index in [4.69, 9.17) is 14.3 Å². The molecule has 38 heavy (non-hydrogen) atoms. The molecule has 3 atom stereocenters. The molecule has 210 valence electrons. The summed E-state index contributed by atoms with van der Waals surface area (Å²) in [6, 6.07) is 8.85. The summed E-state index contributed by atoms with van der Waals surface area (Å²) < 4.78 is 11.3. The lowest BCUT2D eigenvalue weighted by molar-refractivity contribution is -0.200. The third-order valence-corrected chi connectivity index (χ3v) is 6.84. The molecule has 2 unspecified atom stereocenters. The molecule has 0 aromatic heterocycles. The van der Waals surface area contributed by atoms with Gasteiger partial charge in [0.05, 0.1) is 13.2 Å². The Morgan fingerprint density at radius 2 is 1.84 bits per heavy atom. The zero-order valence-electron chi connectivity index (χ0n) is 22.6. The highest BCUT2D eigenvalue weighted by atomic mass is 16.8. The van der Waals surface area contributed by atoms with Crippen molar-refractivity contribution in [2.75, 3.05) is 26.8 Å². The topological polar surface area (TPSA) is 106 Å². The van der Waals surface area contributed by atoms with Crippen molar-refractivity contribution in [3.05, 3.63) is 48.0 Å². The number of benzene rings is 1. The highest BCUT2D eigenvalue weighted by Crippen LogP contribution is 2.17. The smallest absolute Gasteiger partial charge is 0.247 e. The van der Waals surface area contributed by atoms with Gasteiger partial charge in [0.2, 0.25) is 17.7 Å². The predicted octanol–water partition coefficient (Wildman–Crippen LogP) is 3.64. The van der Waals surface area contributed by atoms with Gasteiger partial charge in [0, 0.05) is 39.0 Å². The van der Waals surface area contributed by atoms with Gasteiger partial charge in [-0.2, -0.15) is 0 Å². The fraction of sp³-hybridized carbons (Fsp3) is 0.621. The van der Waals surface area contributed by atoms with E-state index < -0.39 is 18.2 Å². The standard InChI is InChI=1S/C29H43N3O6/c1-32-18-12-6-4-2-3-5-10-16-24(20-26(33)31-38-27-17-11-13-19-37-27)28(34)30-25(29(32)35)22-36-21-23-14-8-7-9-15-23/h2-3,7-9,14-15,24-25,27H,4-6,10-13,16-22H2,1H3,(H,30,34)(H,31,33)/t24?,25?,27-/m0/s1. The fourth-order valence-corrected chi connectivity index (χ4v) is 4.57. The first-order valence-electron chi connectivity index (χ1n) is 13.9. The van der Waals surface area contributed by atoms with Crippen LogP contribution in [0.3, 0.4) is 0 Å². The number of amides is 3. The molecule has 3 amide bonds. The second kappa shape index (κ2) is 17.0. The number of carbonyl (C=O) groups excluding carboxylic acids is 3. The Kier molecular flexibility index (Phi) is 13.3. The molecule has 1 aromatic rings. The number of allylic oxidation sites excluding steroid dienone is 2. The summed E-state index contributed by atoms with van der Waals surface area (Å²) in [5.41, 5.74) is 3.44. The van der Waals surface area contributed by atoms with Crippen molar-refractivity contribution in [2.45, 2.75) is 83.1 Å². The highest BCUT2D eigenvalue weighted by Gasteiger charge is 2.29. The maximum atomic E-state index is 13.4. The number of hydrogen-bond donors (Lipinski definition) is 2. The van der Waals surface area contributed by atoms with Crippen LogP contribution in [0.25, 0.3) is 0 Å². The number of likely N-dealkylation sites (N-methyl/N-ethyl adjacent to an activating group) is 1. The monoisotopic (exact) mass is 529 g/mol. The lowest BCUT2D eigenvalue weighted by atomic mass is 9.96. The van der Waals surface area contributed by atoms with Gasteiger partial charge in [0.25, 0.3) is 0 Å². The molecule has 2 heterocycles. The van der Waals surface area contributed by atoms with E-state index in [1.807, 2.05) is 30.3 Å². The predicted molar refractivity (Wildman–Crippen MR) is 143 cm³/mol. The van der Waals surface area contributed by atoms with Crippen LogP contribution >= 0.6 is 0 Å². The van der Waals surface area contributed by atoms with Crippen LogP contribution in [0.5, 0.6) is 0 Å². The summed E-state index contributed by atoms with van der Waals surface area (Å²) >= 11 is 0. The average molecular weight is 530 g/mol. The van der Waals surface area contributed by atoms with E-state index >= 15 is 0 Å². The van der Waals surface area contributed by atoms with Crippen molar-refractivity contribution in [1.82, 2.24) is 15.7 Å². The second-order valence-corrected chi connectivity index (χ2v) is 10.1. The molecule has 2 aliphatic rings. The molecule has 1 saturated heterocycles. The van der Waals surface area contributed by atoms with E-state index in [1.54, 1.807) is 11.9 Å². The van der Waals surface area contributed by atoms with Crippen molar-refractivity contribution >= 4 is 17.7 Å². The van der Waals surface area contributed by atoms with Crippen LogP contribution in [0.1, 0.15) is 69.8 Å². The van der Waals surface area contributed by atoms with Gasteiger partial charge in [-0.15, -0.1) is 0 Å². The fourth-order valence-electron chi connectivity index (χ4n) is 4.57. The van der Waals surface area contributed by atoms with E-state index in [-0.39, 0.29) is 30.7 Å². The van der Waals surface area contributed by atoms with Gasteiger partial charge in [-0.05, 0) is 56.9 Å². The Morgan fingerprint density at radius 3 is 2.61 bits per heavy atom. The third kappa shape index (κ3) is 10.9. The summed E-state index contributed by atoms with van der Waals surface area (Å²) in [7, 11) is 1.75. The van der Waals surface area contributed by atoms with Crippen LogP contribution in [0.15, 0.2) is 42.5 Å². The minimum atomic E-state index is -0.836. The third-order valence-electron chi connectivity index (χ3n) is 6.84. The van der Waals surface area contributed by atoms with Gasteiger partial charge in [-0.25, -0.2) is 10.3 Å². The first-order chi connectivity index (χ1) is 18.5. The van der Waals surface area contributed by atoms with Crippen LogP contribution in [0.2, 0.25) is 0 Å². The number of carbonyl (C=O) groups is 3. The van der Waals surface area contributed by atoms with Crippen LogP contribution in [0.4, 0.5) is 0 Å². The van der Waals surface area contributed by atoms with Crippen LogP contribution < -0.4 is 10.8 Å². The largest absolute Gasteiger partial charge is 0.374 e. The second-order valence-electron chi connectivity index (χ2n) is 10.1. The SMILES string of the molecule is CN1CCCCC=CCCCC(CC(=O)NO[C@H]2CCCCO2)C(=O)NC(COCc2ccccc2)C1=O. The maximum Gasteiger partial charge on any atom is 0.247 e. The van der Waals surface area contributed by atoms with Gasteiger partial charge in [0.1, 0.15) is 6.04 Å². The molecule has 9 nitrogen and oxygen atoms in total. The summed E-state index contributed by atoms with van der Waals surface area (Å²) in [5.74, 6) is -1.51. The first kappa shape index (κ1) is 29.8. The molecule has 0 spiro atoms. The Bertz CT molecular complexity index is 888. The molecular formula is C29H43N3O6. The van der Waals surface area contributed by atoms with Gasteiger partial charge in [-0.1, -0.05) is 42.5 Å². The Morgan fingerprint density at radius 1 is 1.05 bits per heavy atom. The van der Waals surface area contributed by atoms with E-state index in [9.17, 15) is 14.4 Å². The zero-order chi connectivity index (χ0) is 27.0. The van der Waals surface area contributed by atoms with Gasteiger partial charge < -0.3 is 19.7 Å². The lowest BCUT2D eigenvalue weighted by Crippen LogP contribution is -2.51. The van der Waals surface area contributed by atoms with Crippen LogP contribution in [-0.2, 0) is 35.3 Å². The minimum absolute atomic E-state index is 0.0378. The number of hydroxylamine groups is 1. The Labute approximate surface area is 226 Å². The van der Waals surface area contributed by atoms with Gasteiger partial charge in [0.15, 0.2) is 6.29 Å². The highest BCUT2D eigenvalue weighted by molar-refractivity contribution is 5.90. The van der Waals surface area contributed by atoms with Crippen molar-refractivity contribution in [3.63, 3.8) is 0 Å². The maximum absolute atomic E-state index is 13.4. The summed E-state index contributed by atoms with van der Waals surface area (Å²) in [5, 5.41) is 2.90. The molecule has 0 saturated carbocycles. The van der Waals surface area contributed by atoms with Gasteiger partial charge >= 0.3 is 0 Å². The van der Waals surface area contributed by atoms with Crippen molar-refractivity contribution in [1.29, 1.82) is 0 Å². The van der Waals surface area contributed by atoms with Crippen molar-refractivity contribution in [2.24, 2.45) is 5.92 Å². The quantitative estimate of drug-likeness (QED) is 0.394. The molecule has 1 aromatic carbocycles. The van der Waals surface area contributed by atoms with E-state index in [2.05, 4.69) is 22.9 Å². The van der Waals surface area contributed by atoms with Crippen molar-refractivity contribution < 1.29 is 28.7 Å². The molecule has 3 rings (SSSR count). The number of ether oxygens (including phenoxy) is 2. The normalized spacial score (nSPS) is 24.2. The minimum Gasteiger partial charge on any atom is -0.374 e. The number of nitrogens with one attached hydrogen (secondary N) is 2. The summed E-state index contributed by atoms with van der Waals surface area (Å²) in [6.45, 7) is 1.59. The lowest BCUT2D eigenvalue weighted by Gasteiger charge is -2.26. The van der Waals surface area contributed by atoms with Crippen LogP contribution in [0, 0.1) is 5.92 Å². The molecule has 0 aliphatic carbocycles.